The van der Waals surface area contributed by atoms with Gasteiger partial charge < -0.3 is 9.80 Å². The molecule has 0 aliphatic carbocycles. The molecule has 1 N–H and O–H groups in total. The zero-order valence-electron chi connectivity index (χ0n) is 18.6. The summed E-state index contributed by atoms with van der Waals surface area (Å²) in [6, 6.07) is 21.8. The van der Waals surface area contributed by atoms with E-state index < -0.39 is 10.0 Å². The van der Waals surface area contributed by atoms with Crippen LogP contribution in [0.1, 0.15) is 15.9 Å². The molecule has 0 saturated carbocycles. The van der Waals surface area contributed by atoms with Gasteiger partial charge in [-0.25, -0.2) is 8.42 Å². The number of hydrogen-bond acceptors (Lipinski definition) is 4. The average molecular weight is 607 g/mol. The fourth-order valence-electron chi connectivity index (χ4n) is 4.08. The molecule has 1 aliphatic rings. The van der Waals surface area contributed by atoms with Crippen LogP contribution in [0.2, 0.25) is 0 Å². The fourth-order valence-corrected chi connectivity index (χ4v) is 6.64. The van der Waals surface area contributed by atoms with E-state index in [1.807, 2.05) is 23.1 Å². The minimum atomic E-state index is -3.80. The predicted molar refractivity (Wildman–Crippen MR) is 142 cm³/mol. The minimum absolute atomic E-state index is 0.0434. The second-order valence-electron chi connectivity index (χ2n) is 8.36. The van der Waals surface area contributed by atoms with E-state index >= 15 is 0 Å². The molecule has 178 valence electrons. The van der Waals surface area contributed by atoms with E-state index in [4.69, 9.17) is 0 Å². The fraction of sp³-hybridized carbons (Fsp3) is 0.240. The molecule has 1 saturated heterocycles. The summed E-state index contributed by atoms with van der Waals surface area (Å²) in [5, 5.41) is 0. The maximum atomic E-state index is 13.4. The molecule has 6 nitrogen and oxygen atoms in total. The van der Waals surface area contributed by atoms with Crippen molar-refractivity contribution < 1.29 is 13.2 Å². The lowest BCUT2D eigenvalue weighted by atomic mass is 10.0. The third-order valence-corrected chi connectivity index (χ3v) is 8.70. The van der Waals surface area contributed by atoms with Gasteiger partial charge in [-0.1, -0.05) is 46.3 Å². The van der Waals surface area contributed by atoms with E-state index in [1.165, 1.54) is 11.6 Å². The van der Waals surface area contributed by atoms with E-state index in [0.29, 0.717) is 26.7 Å². The maximum Gasteiger partial charge on any atom is 0.263 e. The Labute approximate surface area is 217 Å². The molecule has 1 amide bonds. The van der Waals surface area contributed by atoms with Gasteiger partial charge in [0.1, 0.15) is 4.90 Å². The van der Waals surface area contributed by atoms with Crippen molar-refractivity contribution in [3.05, 3.63) is 92.9 Å². The third-order valence-electron chi connectivity index (χ3n) is 5.83. The van der Waals surface area contributed by atoms with Crippen molar-refractivity contribution in [2.75, 3.05) is 31.4 Å². The molecule has 34 heavy (non-hydrogen) atoms. The van der Waals surface area contributed by atoms with Gasteiger partial charge in [0, 0.05) is 45.9 Å². The van der Waals surface area contributed by atoms with Crippen LogP contribution >= 0.6 is 31.9 Å². The number of anilines is 1. The Morgan fingerprint density at radius 3 is 2.41 bits per heavy atom. The second kappa shape index (κ2) is 10.6. The molecular formula is C25H25Br2N3O3S. The standard InChI is InChI=1S/C25H25Br2N3O3S/c1-29-13-14-30(22(17-29)15-18-5-3-2-4-6-18)25(31)19-7-10-21(11-8-19)28-34(32,33)24-16-20(26)9-12-23(24)27/h2-12,16,22,28H,13-15,17H2,1H3. The first kappa shape index (κ1) is 24.9. The van der Waals surface area contributed by atoms with Crippen LogP contribution in [0.4, 0.5) is 5.69 Å². The van der Waals surface area contributed by atoms with Gasteiger partial charge in [-0.3, -0.25) is 9.52 Å². The smallest absolute Gasteiger partial charge is 0.263 e. The molecule has 0 radical (unpaired) electrons. The highest BCUT2D eigenvalue weighted by Gasteiger charge is 2.30. The van der Waals surface area contributed by atoms with Crippen LogP contribution in [0.5, 0.6) is 0 Å². The highest BCUT2D eigenvalue weighted by Crippen LogP contribution is 2.28. The molecule has 1 aliphatic heterocycles. The predicted octanol–water partition coefficient (Wildman–Crippen LogP) is 5.01. The van der Waals surface area contributed by atoms with E-state index in [-0.39, 0.29) is 16.8 Å². The van der Waals surface area contributed by atoms with E-state index in [2.05, 4.69) is 60.7 Å². The zero-order chi connectivity index (χ0) is 24.3. The van der Waals surface area contributed by atoms with Crippen molar-refractivity contribution in [2.45, 2.75) is 17.4 Å². The summed E-state index contributed by atoms with van der Waals surface area (Å²) < 4.78 is 29.4. The Morgan fingerprint density at radius 1 is 1.00 bits per heavy atom. The lowest BCUT2D eigenvalue weighted by Crippen LogP contribution is -2.54. The first-order valence-corrected chi connectivity index (χ1v) is 13.9. The van der Waals surface area contributed by atoms with Gasteiger partial charge in [0.15, 0.2) is 0 Å². The van der Waals surface area contributed by atoms with Crippen molar-refractivity contribution in [1.29, 1.82) is 0 Å². The number of halogens is 2. The van der Waals surface area contributed by atoms with Gasteiger partial charge in [0.25, 0.3) is 15.9 Å². The summed E-state index contributed by atoms with van der Waals surface area (Å²) in [5.74, 6) is -0.0434. The number of nitrogens with one attached hydrogen (secondary N) is 1. The van der Waals surface area contributed by atoms with Gasteiger partial charge in [0.2, 0.25) is 0 Å². The summed E-state index contributed by atoms with van der Waals surface area (Å²) in [6.07, 6.45) is 0.788. The number of sulfonamides is 1. The molecule has 1 fully saturated rings. The largest absolute Gasteiger partial charge is 0.333 e. The van der Waals surface area contributed by atoms with Crippen molar-refractivity contribution in [3.63, 3.8) is 0 Å². The number of hydrogen-bond donors (Lipinski definition) is 1. The number of nitrogens with zero attached hydrogens (tertiary/aromatic N) is 2. The van der Waals surface area contributed by atoms with Gasteiger partial charge in [-0.05, 0) is 77.4 Å². The summed E-state index contributed by atoms with van der Waals surface area (Å²) in [4.78, 5) is 17.7. The summed E-state index contributed by atoms with van der Waals surface area (Å²) >= 11 is 6.60. The number of piperazine rings is 1. The van der Waals surface area contributed by atoms with Crippen LogP contribution in [0.15, 0.2) is 86.6 Å². The zero-order valence-corrected chi connectivity index (χ0v) is 22.6. The van der Waals surface area contributed by atoms with E-state index in [9.17, 15) is 13.2 Å². The Hall–Kier alpha value is -2.20. The Bertz CT molecular complexity index is 1270. The number of rotatable bonds is 6. The SMILES string of the molecule is CN1CCN(C(=O)c2ccc(NS(=O)(=O)c3cc(Br)ccc3Br)cc2)C(Cc2ccccc2)C1. The molecular weight excluding hydrogens is 582 g/mol. The van der Waals surface area contributed by atoms with E-state index in [0.717, 1.165) is 19.5 Å². The first-order chi connectivity index (χ1) is 16.2. The molecule has 0 spiro atoms. The first-order valence-electron chi connectivity index (χ1n) is 10.8. The van der Waals surface area contributed by atoms with Crippen LogP contribution < -0.4 is 4.72 Å². The molecule has 3 aromatic rings. The summed E-state index contributed by atoms with van der Waals surface area (Å²) in [5.41, 5.74) is 2.13. The lowest BCUT2D eigenvalue weighted by Gasteiger charge is -2.40. The second-order valence-corrected chi connectivity index (χ2v) is 11.8. The minimum Gasteiger partial charge on any atom is -0.333 e. The van der Waals surface area contributed by atoms with Crippen LogP contribution in [-0.2, 0) is 16.4 Å². The van der Waals surface area contributed by atoms with Crippen molar-refractivity contribution >= 4 is 53.5 Å². The van der Waals surface area contributed by atoms with Crippen molar-refractivity contribution in [3.8, 4) is 0 Å². The van der Waals surface area contributed by atoms with Crippen molar-refractivity contribution in [2.24, 2.45) is 0 Å². The number of carbonyl (C=O) groups excluding carboxylic acids is 1. The molecule has 0 aromatic heterocycles. The van der Waals surface area contributed by atoms with Gasteiger partial charge in [0.05, 0.1) is 0 Å². The number of likely N-dealkylation sites (N-methyl/N-ethyl adjacent to an activating group) is 1. The molecule has 1 unspecified atom stereocenters. The lowest BCUT2D eigenvalue weighted by molar-refractivity contribution is 0.0501. The number of amides is 1. The highest BCUT2D eigenvalue weighted by molar-refractivity contribution is 9.11. The van der Waals surface area contributed by atoms with Crippen LogP contribution in [0.25, 0.3) is 0 Å². The molecule has 1 atom stereocenters. The van der Waals surface area contributed by atoms with Crippen LogP contribution in [0.3, 0.4) is 0 Å². The Balaban J connectivity index is 1.50. The maximum absolute atomic E-state index is 13.4. The molecule has 1 heterocycles. The van der Waals surface area contributed by atoms with Gasteiger partial charge in [-0.15, -0.1) is 0 Å². The van der Waals surface area contributed by atoms with Gasteiger partial charge in [-0.2, -0.15) is 0 Å². The molecule has 3 aromatic carbocycles. The molecule has 4 rings (SSSR count). The normalized spacial score (nSPS) is 16.9. The van der Waals surface area contributed by atoms with Gasteiger partial charge >= 0.3 is 0 Å². The Kier molecular flexibility index (Phi) is 7.77. The third kappa shape index (κ3) is 5.89. The van der Waals surface area contributed by atoms with Crippen molar-refractivity contribution in [1.82, 2.24) is 9.80 Å². The van der Waals surface area contributed by atoms with Crippen LogP contribution in [-0.4, -0.2) is 56.8 Å². The van der Waals surface area contributed by atoms with Crippen LogP contribution in [0, 0.1) is 0 Å². The topological polar surface area (TPSA) is 69.7 Å². The monoisotopic (exact) mass is 605 g/mol. The van der Waals surface area contributed by atoms with E-state index in [1.54, 1.807) is 36.4 Å². The highest BCUT2D eigenvalue weighted by atomic mass is 79.9. The Morgan fingerprint density at radius 2 is 1.71 bits per heavy atom. The summed E-state index contributed by atoms with van der Waals surface area (Å²) in [7, 11) is -1.72. The number of carbonyl (C=O) groups is 1. The average Bonchev–Trinajstić information content (AvgIpc) is 2.81. The summed E-state index contributed by atoms with van der Waals surface area (Å²) in [6.45, 7) is 2.27. The quantitative estimate of drug-likeness (QED) is 0.428. The molecule has 0 bridgehead atoms. The number of benzene rings is 3. The molecule has 9 heteroatoms.